The van der Waals surface area contributed by atoms with E-state index in [0.717, 1.165) is 43.4 Å². The zero-order valence-corrected chi connectivity index (χ0v) is 20.0. The van der Waals surface area contributed by atoms with Crippen LogP contribution >= 0.6 is 11.8 Å². The van der Waals surface area contributed by atoms with Crippen LogP contribution in [0.1, 0.15) is 65.7 Å². The summed E-state index contributed by atoms with van der Waals surface area (Å²) in [6.07, 6.45) is 8.26. The molecule has 0 spiro atoms. The summed E-state index contributed by atoms with van der Waals surface area (Å²) < 4.78 is 5.19. The second kappa shape index (κ2) is 7.86. The predicted octanol–water partition coefficient (Wildman–Crippen LogP) is 5.78. The van der Waals surface area contributed by atoms with Gasteiger partial charge in [-0.3, -0.25) is 14.4 Å². The van der Waals surface area contributed by atoms with Crippen molar-refractivity contribution < 1.29 is 19.1 Å². The van der Waals surface area contributed by atoms with Gasteiger partial charge in [0.15, 0.2) is 5.78 Å². The van der Waals surface area contributed by atoms with Gasteiger partial charge in [0.05, 0.1) is 0 Å². The van der Waals surface area contributed by atoms with Crippen LogP contribution in [0.15, 0.2) is 40.8 Å². The fraction of sp³-hybridized carbons (Fsp3) is 0.593. The lowest BCUT2D eigenvalue weighted by Crippen LogP contribution is -2.54. The normalized spacial score (nSPS) is 38.4. The third-order valence-electron chi connectivity index (χ3n) is 9.04. The first-order valence-electron chi connectivity index (χ1n) is 11.9. The number of benzene rings is 1. The lowest BCUT2D eigenvalue weighted by molar-refractivity contribution is -0.133. The molecule has 32 heavy (non-hydrogen) atoms. The van der Waals surface area contributed by atoms with E-state index >= 15 is 0 Å². The van der Waals surface area contributed by atoms with Crippen LogP contribution in [0, 0.1) is 28.6 Å². The number of ketones is 2. The van der Waals surface area contributed by atoms with Crippen molar-refractivity contribution in [1.82, 2.24) is 0 Å². The third kappa shape index (κ3) is 3.48. The van der Waals surface area contributed by atoms with E-state index in [1.54, 1.807) is 0 Å². The lowest BCUT2D eigenvalue weighted by Gasteiger charge is -2.59. The first-order chi connectivity index (χ1) is 15.2. The summed E-state index contributed by atoms with van der Waals surface area (Å²) in [6, 6.07) is 7.74. The number of carbonyl (C=O) groups excluding carboxylic acids is 3. The topological polar surface area (TPSA) is 60.4 Å². The van der Waals surface area contributed by atoms with Gasteiger partial charge in [0.1, 0.15) is 11.5 Å². The minimum absolute atomic E-state index is 0.0851. The summed E-state index contributed by atoms with van der Waals surface area (Å²) in [5.41, 5.74) is 1.24. The maximum Gasteiger partial charge on any atom is 0.308 e. The number of carbonyl (C=O) groups is 3. The molecule has 3 fully saturated rings. The van der Waals surface area contributed by atoms with Crippen molar-refractivity contribution in [2.75, 3.05) is 0 Å². The first-order valence-corrected chi connectivity index (χ1v) is 12.8. The van der Waals surface area contributed by atoms with Crippen molar-refractivity contribution in [3.8, 4) is 5.75 Å². The second-order valence-electron chi connectivity index (χ2n) is 10.7. The SMILES string of the molecule is CC(=O)Oc1ccc(S[C@@H]2CC3=CC(=O)CC[C@]3(C)[C@H]3CC[C@]4(C)C(=O)CC[C@H]4[C@H]23)cc1. The minimum Gasteiger partial charge on any atom is -0.427 e. The Morgan fingerprint density at radius 2 is 1.72 bits per heavy atom. The Labute approximate surface area is 194 Å². The van der Waals surface area contributed by atoms with E-state index < -0.39 is 0 Å². The van der Waals surface area contributed by atoms with Gasteiger partial charge < -0.3 is 4.74 Å². The molecule has 4 aliphatic carbocycles. The smallest absolute Gasteiger partial charge is 0.308 e. The Balaban J connectivity index is 1.49. The first kappa shape index (κ1) is 21.9. The van der Waals surface area contributed by atoms with Crippen LogP contribution in [0.5, 0.6) is 5.75 Å². The Morgan fingerprint density at radius 1 is 1.00 bits per heavy atom. The molecule has 0 bridgehead atoms. The molecule has 0 radical (unpaired) electrons. The van der Waals surface area contributed by atoms with Gasteiger partial charge in [-0.1, -0.05) is 19.4 Å². The van der Waals surface area contributed by atoms with Crippen LogP contribution in [0.3, 0.4) is 0 Å². The van der Waals surface area contributed by atoms with E-state index in [1.807, 2.05) is 42.1 Å². The molecule has 0 amide bonds. The molecule has 4 aliphatic rings. The standard InChI is InChI=1S/C27H32O4S/c1-16(28)31-19-4-6-20(7-5-19)32-23-15-17-14-18(29)10-12-26(17,2)22-11-13-27(3)21(25(22)23)8-9-24(27)30/h4-7,14,21-23,25H,8-13,15H2,1-3H3/t21-,22-,23+,25-,26-,27-/m0/s1. The van der Waals surface area contributed by atoms with Crippen LogP contribution in [-0.2, 0) is 14.4 Å². The van der Waals surface area contributed by atoms with E-state index in [4.69, 9.17) is 4.74 Å². The number of rotatable bonds is 3. The Kier molecular flexibility index (Phi) is 5.39. The summed E-state index contributed by atoms with van der Waals surface area (Å²) in [7, 11) is 0. The molecular formula is C27H32O4S. The fourth-order valence-corrected chi connectivity index (χ4v) is 8.76. The molecule has 170 valence electrons. The van der Waals surface area contributed by atoms with Crippen LogP contribution in [0.25, 0.3) is 0 Å². The van der Waals surface area contributed by atoms with Crippen molar-refractivity contribution in [2.45, 2.75) is 75.9 Å². The van der Waals surface area contributed by atoms with Crippen LogP contribution in [0.2, 0.25) is 0 Å². The maximum absolute atomic E-state index is 12.9. The zero-order chi connectivity index (χ0) is 22.7. The molecule has 5 heteroatoms. The van der Waals surface area contributed by atoms with E-state index in [2.05, 4.69) is 13.8 Å². The Bertz CT molecular complexity index is 995. The number of hydrogen-bond donors (Lipinski definition) is 0. The number of fused-ring (bicyclic) bond motifs is 5. The van der Waals surface area contributed by atoms with Crippen molar-refractivity contribution in [1.29, 1.82) is 0 Å². The maximum atomic E-state index is 12.9. The highest BCUT2D eigenvalue weighted by atomic mass is 32.2. The molecule has 0 saturated heterocycles. The van der Waals surface area contributed by atoms with Crippen LogP contribution in [0.4, 0.5) is 0 Å². The molecule has 5 rings (SSSR count). The molecule has 3 saturated carbocycles. The van der Waals surface area contributed by atoms with E-state index in [0.29, 0.717) is 41.0 Å². The van der Waals surface area contributed by atoms with Crippen molar-refractivity contribution in [3.63, 3.8) is 0 Å². The Morgan fingerprint density at radius 3 is 2.44 bits per heavy atom. The minimum atomic E-state index is -0.318. The summed E-state index contributed by atoms with van der Waals surface area (Å²) >= 11 is 1.88. The van der Waals surface area contributed by atoms with E-state index in [-0.39, 0.29) is 22.6 Å². The van der Waals surface area contributed by atoms with Gasteiger partial charge in [0.2, 0.25) is 0 Å². The fourth-order valence-electron chi connectivity index (χ4n) is 7.32. The summed E-state index contributed by atoms with van der Waals surface area (Å²) in [6.45, 7) is 6.01. The van der Waals surface area contributed by atoms with Gasteiger partial charge in [-0.25, -0.2) is 0 Å². The monoisotopic (exact) mass is 452 g/mol. The average molecular weight is 453 g/mol. The molecule has 0 unspecified atom stereocenters. The Hall–Kier alpha value is -1.88. The lowest BCUT2D eigenvalue weighted by atomic mass is 9.47. The summed E-state index contributed by atoms with van der Waals surface area (Å²) in [5.74, 6) is 2.40. The highest BCUT2D eigenvalue weighted by Crippen LogP contribution is 2.66. The van der Waals surface area contributed by atoms with Gasteiger partial charge in [0, 0.05) is 35.3 Å². The molecule has 4 nitrogen and oxygen atoms in total. The zero-order valence-electron chi connectivity index (χ0n) is 19.2. The highest BCUT2D eigenvalue weighted by molar-refractivity contribution is 8.00. The summed E-state index contributed by atoms with van der Waals surface area (Å²) in [4.78, 5) is 37.6. The number of ether oxygens (including phenoxy) is 1. The number of allylic oxidation sites excluding steroid dienone is 1. The van der Waals surface area contributed by atoms with Gasteiger partial charge >= 0.3 is 5.97 Å². The highest BCUT2D eigenvalue weighted by Gasteiger charge is 2.61. The molecule has 1 aromatic carbocycles. The second-order valence-corrected chi connectivity index (χ2v) is 12.0. The van der Waals surface area contributed by atoms with Crippen molar-refractivity contribution in [2.24, 2.45) is 28.6 Å². The number of Topliss-reactive ketones (excluding diaryl/α,β-unsaturated/α-hetero) is 1. The van der Waals surface area contributed by atoms with Crippen LogP contribution < -0.4 is 4.74 Å². The molecule has 6 atom stereocenters. The van der Waals surface area contributed by atoms with Crippen molar-refractivity contribution >= 4 is 29.3 Å². The van der Waals surface area contributed by atoms with E-state index in [9.17, 15) is 14.4 Å². The van der Waals surface area contributed by atoms with E-state index in [1.165, 1.54) is 12.5 Å². The molecular weight excluding hydrogens is 420 g/mol. The number of thioether (sulfide) groups is 1. The molecule has 1 aromatic rings. The quantitative estimate of drug-likeness (QED) is 0.429. The van der Waals surface area contributed by atoms with Gasteiger partial charge in [-0.15, -0.1) is 11.8 Å². The molecule has 0 aliphatic heterocycles. The largest absolute Gasteiger partial charge is 0.427 e. The third-order valence-corrected chi connectivity index (χ3v) is 10.4. The predicted molar refractivity (Wildman–Crippen MR) is 124 cm³/mol. The van der Waals surface area contributed by atoms with Crippen molar-refractivity contribution in [3.05, 3.63) is 35.9 Å². The van der Waals surface area contributed by atoms with Gasteiger partial charge in [-0.05, 0) is 85.6 Å². The molecule has 0 aromatic heterocycles. The van der Waals surface area contributed by atoms with Crippen LogP contribution in [-0.4, -0.2) is 22.8 Å². The molecule has 0 N–H and O–H groups in total. The average Bonchev–Trinajstić information content (AvgIpc) is 3.05. The van der Waals surface area contributed by atoms with Gasteiger partial charge in [-0.2, -0.15) is 0 Å². The number of hydrogen-bond acceptors (Lipinski definition) is 5. The molecule has 0 heterocycles. The summed E-state index contributed by atoms with van der Waals surface area (Å²) in [5, 5.41) is 0.348. The number of esters is 1. The van der Waals surface area contributed by atoms with Gasteiger partial charge in [0.25, 0.3) is 0 Å².